The Kier molecular flexibility index (Phi) is 3.50. The van der Waals surface area contributed by atoms with E-state index in [1.807, 2.05) is 20.9 Å². The maximum Gasteiger partial charge on any atom is 0.309 e. The number of likely N-dealkylation sites (tertiary alicyclic amines) is 1. The van der Waals surface area contributed by atoms with E-state index in [1.54, 1.807) is 0 Å². The molecule has 0 aromatic rings. The number of carbonyl (C=O) groups is 1. The zero-order chi connectivity index (χ0) is 10.9. The van der Waals surface area contributed by atoms with E-state index in [0.717, 1.165) is 0 Å². The Labute approximate surface area is 85.3 Å². The van der Waals surface area contributed by atoms with Crippen LogP contribution in [0.25, 0.3) is 0 Å². The van der Waals surface area contributed by atoms with Crippen LogP contribution in [0.3, 0.4) is 0 Å². The topological polar surface area (TPSA) is 52.6 Å². The highest BCUT2D eigenvalue weighted by molar-refractivity contribution is 5.72. The lowest BCUT2D eigenvalue weighted by molar-refractivity contribution is -0.141. The number of nitrogens with one attached hydrogen (secondary N) is 1. The zero-order valence-electron chi connectivity index (χ0n) is 9.32. The van der Waals surface area contributed by atoms with E-state index < -0.39 is 5.97 Å². The second-order valence-electron chi connectivity index (χ2n) is 4.47. The van der Waals surface area contributed by atoms with Gasteiger partial charge in [-0.15, -0.1) is 0 Å². The Bertz CT molecular complexity index is 218. The van der Waals surface area contributed by atoms with Crippen LogP contribution in [0.2, 0.25) is 0 Å². The number of rotatable bonds is 3. The van der Waals surface area contributed by atoms with Gasteiger partial charge in [0, 0.05) is 24.7 Å². The van der Waals surface area contributed by atoms with E-state index >= 15 is 0 Å². The first-order chi connectivity index (χ1) is 6.43. The molecule has 4 heteroatoms. The number of aliphatic carboxylic acids is 1. The number of hydrogen-bond donors (Lipinski definition) is 2. The summed E-state index contributed by atoms with van der Waals surface area (Å²) in [6, 6.07) is 0.687. The van der Waals surface area contributed by atoms with E-state index in [4.69, 9.17) is 5.11 Å². The molecular weight excluding hydrogens is 180 g/mol. The first-order valence-corrected chi connectivity index (χ1v) is 5.12. The Hall–Kier alpha value is -0.610. The largest absolute Gasteiger partial charge is 0.481 e. The van der Waals surface area contributed by atoms with Crippen LogP contribution in [0.15, 0.2) is 0 Å². The van der Waals surface area contributed by atoms with E-state index in [9.17, 15) is 4.79 Å². The summed E-state index contributed by atoms with van der Waals surface area (Å²) in [6.07, 6.45) is 0. The molecule has 0 bridgehead atoms. The number of nitrogens with zero attached hydrogens (tertiary/aromatic N) is 1. The standard InChI is InChI=1S/C10H20N2O2/c1-6(2)11-9-7(3)12(4)5-8(9)10(13)14/h6-9,11H,5H2,1-4H3,(H,13,14). The molecule has 4 nitrogen and oxygen atoms in total. The minimum atomic E-state index is -0.695. The Morgan fingerprint density at radius 2 is 2.14 bits per heavy atom. The number of carboxylic acids is 1. The highest BCUT2D eigenvalue weighted by Gasteiger charge is 2.41. The van der Waals surface area contributed by atoms with E-state index in [1.165, 1.54) is 0 Å². The lowest BCUT2D eigenvalue weighted by atomic mass is 9.99. The van der Waals surface area contributed by atoms with Crippen LogP contribution >= 0.6 is 0 Å². The normalized spacial score (nSPS) is 33.9. The number of likely N-dealkylation sites (N-methyl/N-ethyl adjacent to an activating group) is 1. The van der Waals surface area contributed by atoms with Gasteiger partial charge in [0.1, 0.15) is 0 Å². The summed E-state index contributed by atoms with van der Waals surface area (Å²) in [5.74, 6) is -0.975. The number of carboxylic acid groups (broad SMARTS) is 1. The summed E-state index contributed by atoms with van der Waals surface area (Å²) < 4.78 is 0. The van der Waals surface area contributed by atoms with Crippen molar-refractivity contribution in [2.24, 2.45) is 5.92 Å². The highest BCUT2D eigenvalue weighted by atomic mass is 16.4. The third-order valence-corrected chi connectivity index (χ3v) is 2.98. The van der Waals surface area contributed by atoms with Gasteiger partial charge in [0.2, 0.25) is 0 Å². The SMILES string of the molecule is CC(C)NC1C(C(=O)O)CN(C)C1C. The summed E-state index contributed by atoms with van der Waals surface area (Å²) in [5, 5.41) is 12.4. The van der Waals surface area contributed by atoms with Crippen molar-refractivity contribution in [2.45, 2.75) is 38.9 Å². The summed E-state index contributed by atoms with van der Waals surface area (Å²) in [4.78, 5) is 13.1. The zero-order valence-corrected chi connectivity index (χ0v) is 9.32. The first-order valence-electron chi connectivity index (χ1n) is 5.12. The molecule has 0 spiro atoms. The molecule has 14 heavy (non-hydrogen) atoms. The summed E-state index contributed by atoms with van der Waals surface area (Å²) in [7, 11) is 1.97. The minimum absolute atomic E-state index is 0.0671. The molecule has 1 saturated heterocycles. The Morgan fingerprint density at radius 1 is 1.57 bits per heavy atom. The van der Waals surface area contributed by atoms with Crippen molar-refractivity contribution in [2.75, 3.05) is 13.6 Å². The first kappa shape index (κ1) is 11.5. The lowest BCUT2D eigenvalue weighted by Crippen LogP contribution is -2.46. The van der Waals surface area contributed by atoms with Crippen LogP contribution in [0.5, 0.6) is 0 Å². The minimum Gasteiger partial charge on any atom is -0.481 e. The van der Waals surface area contributed by atoms with Crippen molar-refractivity contribution in [1.82, 2.24) is 10.2 Å². The second kappa shape index (κ2) is 4.28. The van der Waals surface area contributed by atoms with Crippen LogP contribution in [0.4, 0.5) is 0 Å². The quantitative estimate of drug-likeness (QED) is 0.692. The molecule has 0 aliphatic carbocycles. The van der Waals surface area contributed by atoms with Crippen molar-refractivity contribution in [3.05, 3.63) is 0 Å². The van der Waals surface area contributed by atoms with Crippen LogP contribution in [-0.4, -0.2) is 47.7 Å². The Morgan fingerprint density at radius 3 is 2.57 bits per heavy atom. The molecule has 2 N–H and O–H groups in total. The van der Waals surface area contributed by atoms with Gasteiger partial charge in [0.25, 0.3) is 0 Å². The molecule has 1 heterocycles. The molecule has 1 aliphatic heterocycles. The summed E-state index contributed by atoms with van der Waals surface area (Å²) in [6.45, 7) is 6.80. The summed E-state index contributed by atoms with van der Waals surface area (Å²) >= 11 is 0. The van der Waals surface area contributed by atoms with Crippen molar-refractivity contribution < 1.29 is 9.90 Å². The third-order valence-electron chi connectivity index (χ3n) is 2.98. The van der Waals surface area contributed by atoms with Crippen LogP contribution in [0.1, 0.15) is 20.8 Å². The fourth-order valence-corrected chi connectivity index (χ4v) is 2.07. The number of hydrogen-bond acceptors (Lipinski definition) is 3. The van der Waals surface area contributed by atoms with Crippen LogP contribution in [-0.2, 0) is 4.79 Å². The summed E-state index contributed by atoms with van der Waals surface area (Å²) in [5.41, 5.74) is 0. The van der Waals surface area contributed by atoms with Crippen LogP contribution in [0, 0.1) is 5.92 Å². The molecule has 1 fully saturated rings. The second-order valence-corrected chi connectivity index (χ2v) is 4.47. The van der Waals surface area contributed by atoms with Gasteiger partial charge in [-0.3, -0.25) is 4.79 Å². The average Bonchev–Trinajstić information content (AvgIpc) is 2.32. The fourth-order valence-electron chi connectivity index (χ4n) is 2.07. The molecule has 1 aliphatic rings. The van der Waals surface area contributed by atoms with E-state index in [0.29, 0.717) is 18.6 Å². The lowest BCUT2D eigenvalue weighted by Gasteiger charge is -2.24. The molecule has 0 aromatic heterocycles. The molecule has 0 radical (unpaired) electrons. The fraction of sp³-hybridized carbons (Fsp3) is 0.900. The Balaban J connectivity index is 2.71. The van der Waals surface area contributed by atoms with Gasteiger partial charge in [0.15, 0.2) is 0 Å². The molecule has 3 atom stereocenters. The van der Waals surface area contributed by atoms with Crippen molar-refractivity contribution in [3.8, 4) is 0 Å². The predicted molar refractivity (Wildman–Crippen MR) is 55.3 cm³/mol. The average molecular weight is 200 g/mol. The van der Waals surface area contributed by atoms with Gasteiger partial charge < -0.3 is 15.3 Å². The molecule has 0 aromatic carbocycles. The van der Waals surface area contributed by atoms with E-state index in [-0.39, 0.29) is 12.0 Å². The van der Waals surface area contributed by atoms with Crippen molar-refractivity contribution >= 4 is 5.97 Å². The molecule has 0 saturated carbocycles. The monoisotopic (exact) mass is 200 g/mol. The predicted octanol–water partition coefficient (Wildman–Crippen LogP) is 0.388. The van der Waals surface area contributed by atoms with Crippen molar-refractivity contribution in [1.29, 1.82) is 0 Å². The molecule has 1 rings (SSSR count). The van der Waals surface area contributed by atoms with Gasteiger partial charge in [-0.05, 0) is 14.0 Å². The maximum absolute atomic E-state index is 11.0. The van der Waals surface area contributed by atoms with Gasteiger partial charge in [-0.2, -0.15) is 0 Å². The highest BCUT2D eigenvalue weighted by Crippen LogP contribution is 2.22. The van der Waals surface area contributed by atoms with Gasteiger partial charge >= 0.3 is 5.97 Å². The van der Waals surface area contributed by atoms with E-state index in [2.05, 4.69) is 17.1 Å². The molecule has 82 valence electrons. The van der Waals surface area contributed by atoms with Gasteiger partial charge in [-0.1, -0.05) is 13.8 Å². The van der Waals surface area contributed by atoms with Gasteiger partial charge in [0.05, 0.1) is 5.92 Å². The van der Waals surface area contributed by atoms with Crippen LogP contribution < -0.4 is 5.32 Å². The third kappa shape index (κ3) is 2.25. The van der Waals surface area contributed by atoms with Crippen molar-refractivity contribution in [3.63, 3.8) is 0 Å². The molecule has 3 unspecified atom stereocenters. The smallest absolute Gasteiger partial charge is 0.309 e. The van der Waals surface area contributed by atoms with Gasteiger partial charge in [-0.25, -0.2) is 0 Å². The molecular formula is C10H20N2O2. The molecule has 0 amide bonds. The maximum atomic E-state index is 11.0.